The minimum absolute atomic E-state index is 0.0350. The number of hydrogen-bond donors (Lipinski definition) is 2. The molecule has 0 aliphatic carbocycles. The van der Waals surface area contributed by atoms with Gasteiger partial charge >= 0.3 is 0 Å². The molecule has 3 aromatic rings. The maximum absolute atomic E-state index is 12.5. The van der Waals surface area contributed by atoms with Gasteiger partial charge in [0.25, 0.3) is 5.91 Å². The van der Waals surface area contributed by atoms with Crippen molar-refractivity contribution in [2.24, 2.45) is 0 Å². The number of amides is 1. The van der Waals surface area contributed by atoms with Gasteiger partial charge in [-0.1, -0.05) is 36.4 Å². The second-order valence-corrected chi connectivity index (χ2v) is 7.82. The number of sulfonamides is 1. The van der Waals surface area contributed by atoms with E-state index in [-0.39, 0.29) is 29.5 Å². The highest BCUT2D eigenvalue weighted by atomic mass is 32.2. The number of nitrogens with one attached hydrogen (secondary N) is 2. The van der Waals surface area contributed by atoms with Crippen molar-refractivity contribution in [1.29, 1.82) is 0 Å². The lowest BCUT2D eigenvalue weighted by Crippen LogP contribution is -2.26. The molecule has 2 N–H and O–H groups in total. The molecule has 0 bridgehead atoms. The van der Waals surface area contributed by atoms with E-state index < -0.39 is 10.0 Å². The molecule has 0 unspecified atom stereocenters. The van der Waals surface area contributed by atoms with Gasteiger partial charge in [0.15, 0.2) is 5.82 Å². The lowest BCUT2D eigenvalue weighted by molar-refractivity contribution is 0.0949. The van der Waals surface area contributed by atoms with Crippen LogP contribution < -0.4 is 10.0 Å². The third-order valence-corrected chi connectivity index (χ3v) is 5.56. The molecule has 0 aliphatic rings. The fraction of sp³-hybridized carbons (Fsp3) is 0.211. The van der Waals surface area contributed by atoms with Crippen LogP contribution in [0.4, 0.5) is 0 Å². The summed E-state index contributed by atoms with van der Waals surface area (Å²) in [6, 6.07) is 15.1. The van der Waals surface area contributed by atoms with Crippen LogP contribution in [-0.2, 0) is 29.7 Å². The van der Waals surface area contributed by atoms with E-state index in [2.05, 4.69) is 20.2 Å². The number of rotatable bonds is 8. The minimum Gasteiger partial charge on any atom is -0.345 e. The average molecular weight is 399 g/mol. The van der Waals surface area contributed by atoms with Gasteiger partial charge in [-0.3, -0.25) is 4.79 Å². The summed E-state index contributed by atoms with van der Waals surface area (Å²) in [4.78, 5) is 12.4. The predicted octanol–water partition coefficient (Wildman–Crippen LogP) is 1.71. The first kappa shape index (κ1) is 19.7. The summed E-state index contributed by atoms with van der Waals surface area (Å²) in [6.45, 7) is 3.02. The van der Waals surface area contributed by atoms with Gasteiger partial charge in [-0.2, -0.15) is 0 Å². The SMILES string of the molecule is CCn1cnnc1CNC(=O)c1cccc(S(=O)(=O)NCc2ccccc2)c1. The van der Waals surface area contributed by atoms with Crippen molar-refractivity contribution in [3.05, 3.63) is 77.9 Å². The Kier molecular flexibility index (Phi) is 6.17. The lowest BCUT2D eigenvalue weighted by Gasteiger charge is -2.09. The maximum Gasteiger partial charge on any atom is 0.251 e. The summed E-state index contributed by atoms with van der Waals surface area (Å²) in [7, 11) is -3.74. The first-order valence-corrected chi connectivity index (χ1v) is 10.3. The fourth-order valence-electron chi connectivity index (χ4n) is 2.60. The zero-order chi connectivity index (χ0) is 20.0. The summed E-state index contributed by atoms with van der Waals surface area (Å²) in [6.07, 6.45) is 1.59. The third-order valence-electron chi connectivity index (χ3n) is 4.16. The summed E-state index contributed by atoms with van der Waals surface area (Å²) >= 11 is 0. The molecule has 0 saturated carbocycles. The quantitative estimate of drug-likeness (QED) is 0.600. The Hall–Kier alpha value is -3.04. The van der Waals surface area contributed by atoms with Crippen LogP contribution in [0.3, 0.4) is 0 Å². The minimum atomic E-state index is -3.74. The highest BCUT2D eigenvalue weighted by molar-refractivity contribution is 7.89. The molecule has 146 valence electrons. The number of aryl methyl sites for hydroxylation is 1. The van der Waals surface area contributed by atoms with E-state index in [0.29, 0.717) is 12.4 Å². The summed E-state index contributed by atoms with van der Waals surface area (Å²) < 4.78 is 29.4. The Morgan fingerprint density at radius 1 is 1.07 bits per heavy atom. The molecule has 9 heteroatoms. The lowest BCUT2D eigenvalue weighted by atomic mass is 10.2. The zero-order valence-corrected chi connectivity index (χ0v) is 16.2. The molecular weight excluding hydrogens is 378 g/mol. The molecule has 0 aliphatic heterocycles. The van der Waals surface area contributed by atoms with Gasteiger partial charge in [-0.05, 0) is 30.7 Å². The molecular formula is C19H21N5O3S. The van der Waals surface area contributed by atoms with Gasteiger partial charge in [-0.15, -0.1) is 10.2 Å². The summed E-state index contributed by atoms with van der Waals surface area (Å²) in [5, 5.41) is 10.5. The van der Waals surface area contributed by atoms with E-state index in [1.807, 2.05) is 41.8 Å². The van der Waals surface area contributed by atoms with Crippen molar-refractivity contribution in [3.8, 4) is 0 Å². The van der Waals surface area contributed by atoms with Crippen molar-refractivity contribution >= 4 is 15.9 Å². The molecule has 3 rings (SSSR count). The fourth-order valence-corrected chi connectivity index (χ4v) is 3.67. The van der Waals surface area contributed by atoms with Gasteiger partial charge in [-0.25, -0.2) is 13.1 Å². The van der Waals surface area contributed by atoms with Gasteiger partial charge in [0.05, 0.1) is 11.4 Å². The summed E-state index contributed by atoms with van der Waals surface area (Å²) in [5.41, 5.74) is 1.10. The number of nitrogens with zero attached hydrogens (tertiary/aromatic N) is 3. The van der Waals surface area contributed by atoms with Crippen LogP contribution in [-0.4, -0.2) is 29.1 Å². The average Bonchev–Trinajstić information content (AvgIpc) is 3.19. The maximum atomic E-state index is 12.5. The van der Waals surface area contributed by atoms with Crippen molar-refractivity contribution in [2.75, 3.05) is 0 Å². The van der Waals surface area contributed by atoms with E-state index in [1.54, 1.807) is 18.5 Å². The van der Waals surface area contributed by atoms with E-state index in [1.165, 1.54) is 12.1 Å². The Morgan fingerprint density at radius 2 is 1.86 bits per heavy atom. The Labute approximate surface area is 163 Å². The normalized spacial score (nSPS) is 11.3. The van der Waals surface area contributed by atoms with Crippen molar-refractivity contribution in [3.63, 3.8) is 0 Å². The molecule has 1 heterocycles. The van der Waals surface area contributed by atoms with Gasteiger partial charge in [0.2, 0.25) is 10.0 Å². The van der Waals surface area contributed by atoms with E-state index in [9.17, 15) is 13.2 Å². The smallest absolute Gasteiger partial charge is 0.251 e. The number of hydrogen-bond acceptors (Lipinski definition) is 5. The second-order valence-electron chi connectivity index (χ2n) is 6.05. The monoisotopic (exact) mass is 399 g/mol. The topological polar surface area (TPSA) is 106 Å². The largest absolute Gasteiger partial charge is 0.345 e. The van der Waals surface area contributed by atoms with Crippen LogP contribution in [0.2, 0.25) is 0 Å². The molecule has 0 fully saturated rings. The number of carbonyl (C=O) groups excluding carboxylic acids is 1. The Balaban J connectivity index is 1.67. The molecule has 1 amide bonds. The van der Waals surface area contributed by atoms with Gasteiger partial charge in [0, 0.05) is 18.7 Å². The molecule has 2 aromatic carbocycles. The highest BCUT2D eigenvalue weighted by Gasteiger charge is 2.16. The highest BCUT2D eigenvalue weighted by Crippen LogP contribution is 2.12. The standard InChI is InChI=1S/C19H21N5O3S/c1-2-24-14-21-23-18(24)13-20-19(25)16-9-6-10-17(11-16)28(26,27)22-12-15-7-4-3-5-8-15/h3-11,14,22H,2,12-13H2,1H3,(H,20,25). The predicted molar refractivity (Wildman–Crippen MR) is 104 cm³/mol. The van der Waals surface area contributed by atoms with E-state index in [0.717, 1.165) is 5.56 Å². The van der Waals surface area contributed by atoms with E-state index >= 15 is 0 Å². The molecule has 0 spiro atoms. The van der Waals surface area contributed by atoms with Crippen LogP contribution in [0.1, 0.15) is 28.7 Å². The Morgan fingerprint density at radius 3 is 2.61 bits per heavy atom. The number of benzene rings is 2. The molecule has 28 heavy (non-hydrogen) atoms. The van der Waals surface area contributed by atoms with Gasteiger partial charge < -0.3 is 9.88 Å². The number of aromatic nitrogens is 3. The number of carbonyl (C=O) groups is 1. The van der Waals surface area contributed by atoms with Crippen LogP contribution >= 0.6 is 0 Å². The molecule has 0 radical (unpaired) electrons. The molecule has 8 nitrogen and oxygen atoms in total. The molecule has 0 saturated heterocycles. The van der Waals surface area contributed by atoms with Crippen molar-refractivity contribution in [1.82, 2.24) is 24.8 Å². The molecule has 1 aromatic heterocycles. The van der Waals surface area contributed by atoms with Crippen molar-refractivity contribution in [2.45, 2.75) is 31.5 Å². The first-order chi connectivity index (χ1) is 13.5. The summed E-state index contributed by atoms with van der Waals surface area (Å²) in [5.74, 6) is 0.245. The third kappa shape index (κ3) is 4.81. The van der Waals surface area contributed by atoms with Crippen molar-refractivity contribution < 1.29 is 13.2 Å². The molecule has 0 atom stereocenters. The van der Waals surface area contributed by atoms with E-state index in [4.69, 9.17) is 0 Å². The van der Waals surface area contributed by atoms with Crippen LogP contribution in [0.25, 0.3) is 0 Å². The second kappa shape index (κ2) is 8.77. The van der Waals surface area contributed by atoms with Gasteiger partial charge in [0.1, 0.15) is 6.33 Å². The zero-order valence-electron chi connectivity index (χ0n) is 15.4. The Bertz CT molecular complexity index is 1050. The van der Waals surface area contributed by atoms with Crippen LogP contribution in [0.15, 0.2) is 65.8 Å². The first-order valence-electron chi connectivity index (χ1n) is 8.78. The van der Waals surface area contributed by atoms with Crippen LogP contribution in [0.5, 0.6) is 0 Å². The van der Waals surface area contributed by atoms with Crippen LogP contribution in [0, 0.1) is 0 Å².